The van der Waals surface area contributed by atoms with E-state index in [2.05, 4.69) is 10.3 Å². The van der Waals surface area contributed by atoms with Crippen LogP contribution < -0.4 is 5.32 Å². The van der Waals surface area contributed by atoms with Gasteiger partial charge in [-0.25, -0.2) is 14.2 Å². The van der Waals surface area contributed by atoms with E-state index in [1.807, 2.05) is 0 Å². The Bertz CT molecular complexity index is 598. The van der Waals surface area contributed by atoms with Gasteiger partial charge < -0.3 is 14.6 Å². The Morgan fingerprint density at radius 2 is 2.35 bits per heavy atom. The lowest BCUT2D eigenvalue weighted by Gasteiger charge is -2.18. The van der Waals surface area contributed by atoms with Crippen molar-refractivity contribution in [3.05, 3.63) is 48.3 Å². The van der Waals surface area contributed by atoms with E-state index in [0.29, 0.717) is 11.4 Å². The number of hydrogen-bond acceptors (Lipinski definition) is 4. The molecule has 1 N–H and O–H groups in total. The Hall–Kier alpha value is -2.37. The first-order chi connectivity index (χ1) is 9.61. The van der Waals surface area contributed by atoms with Crippen molar-refractivity contribution in [3.63, 3.8) is 0 Å². The molecule has 0 fully saturated rings. The van der Waals surface area contributed by atoms with Crippen LogP contribution in [0.1, 0.15) is 18.7 Å². The molecule has 0 amide bonds. The average Bonchev–Trinajstić information content (AvgIpc) is 2.82. The third-order valence-electron chi connectivity index (χ3n) is 2.81. The number of benzene rings is 1. The average molecular weight is 277 g/mol. The minimum Gasteiger partial charge on any atom is -0.464 e. The summed E-state index contributed by atoms with van der Waals surface area (Å²) in [5.74, 6) is -0.803. The first-order valence-electron chi connectivity index (χ1n) is 6.26. The second-order valence-electron chi connectivity index (χ2n) is 4.27. The zero-order chi connectivity index (χ0) is 14.5. The maximum atomic E-state index is 13.2. The number of hydrogen-bond donors (Lipinski definition) is 1. The summed E-state index contributed by atoms with van der Waals surface area (Å²) in [6.45, 7) is 2.01. The summed E-state index contributed by atoms with van der Waals surface area (Å²) in [5.41, 5.74) is 1.15. The van der Waals surface area contributed by atoms with Crippen LogP contribution in [-0.2, 0) is 16.6 Å². The van der Waals surface area contributed by atoms with Gasteiger partial charge in [-0.2, -0.15) is 0 Å². The molecule has 2 aromatic rings. The molecule has 5 nitrogen and oxygen atoms in total. The summed E-state index contributed by atoms with van der Waals surface area (Å²) in [7, 11) is 1.78. The molecule has 2 rings (SSSR count). The number of anilines is 1. The van der Waals surface area contributed by atoms with Crippen molar-refractivity contribution >= 4 is 11.7 Å². The molecule has 1 unspecified atom stereocenters. The third kappa shape index (κ3) is 3.14. The Balaban J connectivity index is 2.28. The fourth-order valence-corrected chi connectivity index (χ4v) is 1.87. The lowest BCUT2D eigenvalue weighted by molar-refractivity contribution is -0.144. The van der Waals surface area contributed by atoms with Crippen molar-refractivity contribution in [2.24, 2.45) is 7.05 Å². The quantitative estimate of drug-likeness (QED) is 0.852. The number of nitrogens with one attached hydrogen (secondary N) is 1. The molecule has 0 bridgehead atoms. The number of aromatic nitrogens is 2. The van der Waals surface area contributed by atoms with Crippen molar-refractivity contribution < 1.29 is 13.9 Å². The van der Waals surface area contributed by atoms with Crippen molar-refractivity contribution in [1.29, 1.82) is 0 Å². The van der Waals surface area contributed by atoms with E-state index in [1.165, 1.54) is 12.1 Å². The highest BCUT2D eigenvalue weighted by Crippen LogP contribution is 2.21. The summed E-state index contributed by atoms with van der Waals surface area (Å²) in [6, 6.07) is 5.19. The van der Waals surface area contributed by atoms with Crippen molar-refractivity contribution in [2.75, 3.05) is 11.9 Å². The first-order valence-corrected chi connectivity index (χ1v) is 6.26. The molecule has 0 aliphatic heterocycles. The van der Waals surface area contributed by atoms with Gasteiger partial charge >= 0.3 is 5.97 Å². The fourth-order valence-electron chi connectivity index (χ4n) is 1.87. The lowest BCUT2D eigenvalue weighted by Crippen LogP contribution is -2.25. The maximum Gasteiger partial charge on any atom is 0.334 e. The van der Waals surface area contributed by atoms with Gasteiger partial charge in [0.15, 0.2) is 6.04 Å². The van der Waals surface area contributed by atoms with Crippen LogP contribution in [-0.4, -0.2) is 22.1 Å². The van der Waals surface area contributed by atoms with Gasteiger partial charge in [-0.3, -0.25) is 0 Å². The number of halogens is 1. The molecule has 0 radical (unpaired) electrons. The standard InChI is InChI=1S/C14H16FN3O2/c1-3-20-14(19)13(12-8-16-9-18(12)2)17-11-6-4-5-10(15)7-11/h4-9,13,17H,3H2,1-2H3. The van der Waals surface area contributed by atoms with Gasteiger partial charge in [0.1, 0.15) is 5.82 Å². The van der Waals surface area contributed by atoms with E-state index in [-0.39, 0.29) is 12.4 Å². The predicted molar refractivity (Wildman–Crippen MR) is 72.6 cm³/mol. The molecule has 6 heteroatoms. The highest BCUT2D eigenvalue weighted by Gasteiger charge is 2.24. The van der Waals surface area contributed by atoms with E-state index in [4.69, 9.17) is 4.74 Å². The van der Waals surface area contributed by atoms with Gasteiger partial charge in [0, 0.05) is 12.7 Å². The van der Waals surface area contributed by atoms with Crippen molar-refractivity contribution in [2.45, 2.75) is 13.0 Å². The minimum atomic E-state index is -0.732. The Morgan fingerprint density at radius 1 is 1.55 bits per heavy atom. The SMILES string of the molecule is CCOC(=O)C(Nc1cccc(F)c1)c1cncn1C. The Kier molecular flexibility index (Phi) is 4.34. The zero-order valence-electron chi connectivity index (χ0n) is 11.3. The van der Waals surface area contributed by atoms with Crippen LogP contribution in [0.25, 0.3) is 0 Å². The number of esters is 1. The molecule has 0 saturated heterocycles. The van der Waals surface area contributed by atoms with E-state index in [1.54, 1.807) is 43.2 Å². The molecule has 0 spiro atoms. The molecule has 1 aromatic heterocycles. The van der Waals surface area contributed by atoms with E-state index in [0.717, 1.165) is 0 Å². The van der Waals surface area contributed by atoms with E-state index >= 15 is 0 Å². The van der Waals surface area contributed by atoms with Gasteiger partial charge in [-0.15, -0.1) is 0 Å². The second-order valence-corrected chi connectivity index (χ2v) is 4.27. The number of imidazole rings is 1. The monoisotopic (exact) mass is 277 g/mol. The molecular formula is C14H16FN3O2. The maximum absolute atomic E-state index is 13.2. The van der Waals surface area contributed by atoms with Gasteiger partial charge in [0.05, 0.1) is 24.8 Å². The van der Waals surface area contributed by atoms with Crippen LogP contribution >= 0.6 is 0 Å². The fraction of sp³-hybridized carbons (Fsp3) is 0.286. The van der Waals surface area contributed by atoms with Crippen LogP contribution in [0.2, 0.25) is 0 Å². The summed E-state index contributed by atoms with van der Waals surface area (Å²) in [6.07, 6.45) is 3.17. The normalized spacial score (nSPS) is 11.9. The highest BCUT2D eigenvalue weighted by molar-refractivity contribution is 5.80. The predicted octanol–water partition coefficient (Wildman–Crippen LogP) is 2.28. The highest BCUT2D eigenvalue weighted by atomic mass is 19.1. The van der Waals surface area contributed by atoms with Crippen LogP contribution in [0.4, 0.5) is 10.1 Å². The molecule has 0 aliphatic carbocycles. The number of rotatable bonds is 5. The van der Waals surface area contributed by atoms with Crippen LogP contribution in [0.3, 0.4) is 0 Å². The smallest absolute Gasteiger partial charge is 0.334 e. The Morgan fingerprint density at radius 3 is 2.95 bits per heavy atom. The number of ether oxygens (including phenoxy) is 1. The van der Waals surface area contributed by atoms with Gasteiger partial charge in [0.2, 0.25) is 0 Å². The largest absolute Gasteiger partial charge is 0.464 e. The molecule has 106 valence electrons. The second kappa shape index (κ2) is 6.18. The van der Waals surface area contributed by atoms with E-state index in [9.17, 15) is 9.18 Å². The summed E-state index contributed by atoms with van der Waals surface area (Å²) in [4.78, 5) is 16.0. The first kappa shape index (κ1) is 14.0. The van der Waals surface area contributed by atoms with Crippen molar-refractivity contribution in [3.8, 4) is 0 Å². The zero-order valence-corrected chi connectivity index (χ0v) is 11.3. The van der Waals surface area contributed by atoms with Gasteiger partial charge in [-0.05, 0) is 25.1 Å². The molecule has 1 aromatic carbocycles. The van der Waals surface area contributed by atoms with Gasteiger partial charge in [-0.1, -0.05) is 6.07 Å². The molecule has 0 aliphatic rings. The molecule has 0 saturated carbocycles. The molecule has 20 heavy (non-hydrogen) atoms. The van der Waals surface area contributed by atoms with Crippen LogP contribution in [0, 0.1) is 5.82 Å². The number of carbonyl (C=O) groups is 1. The topological polar surface area (TPSA) is 56.1 Å². The number of carbonyl (C=O) groups excluding carboxylic acids is 1. The van der Waals surface area contributed by atoms with Crippen LogP contribution in [0.5, 0.6) is 0 Å². The van der Waals surface area contributed by atoms with Crippen molar-refractivity contribution in [1.82, 2.24) is 9.55 Å². The van der Waals surface area contributed by atoms with Crippen LogP contribution in [0.15, 0.2) is 36.8 Å². The lowest BCUT2D eigenvalue weighted by atomic mass is 10.2. The van der Waals surface area contributed by atoms with E-state index < -0.39 is 12.0 Å². The summed E-state index contributed by atoms with van der Waals surface area (Å²) < 4.78 is 20.0. The van der Waals surface area contributed by atoms with Gasteiger partial charge in [0.25, 0.3) is 0 Å². The minimum absolute atomic E-state index is 0.276. The molecular weight excluding hydrogens is 261 g/mol. The number of nitrogens with zero attached hydrogens (tertiary/aromatic N) is 2. The molecule has 1 atom stereocenters. The Labute approximate surface area is 116 Å². The summed E-state index contributed by atoms with van der Waals surface area (Å²) >= 11 is 0. The third-order valence-corrected chi connectivity index (χ3v) is 2.81. The summed E-state index contributed by atoms with van der Waals surface area (Å²) in [5, 5.41) is 2.97. The number of aryl methyl sites for hydroxylation is 1. The molecule has 1 heterocycles.